The number of benzene rings is 1. The van der Waals surface area contributed by atoms with Crippen LogP contribution in [0.4, 0.5) is 13.2 Å². The standard InChI is InChI=1S/C15H19F3N2.2ClH/c16-11-8-12(14(18)13(17)9-11)15(10-2-1-3-10)20-6-4-19-5-7-20;;/h8-10,15,19H,1-7H2;2*1H/t15-;;/m0../s1. The summed E-state index contributed by atoms with van der Waals surface area (Å²) in [5.41, 5.74) is 0.189. The zero-order valence-corrected chi connectivity index (χ0v) is 13.8. The molecule has 1 saturated carbocycles. The number of piperazine rings is 1. The molecule has 1 atom stereocenters. The van der Waals surface area contributed by atoms with Crippen molar-refractivity contribution in [2.45, 2.75) is 25.3 Å². The summed E-state index contributed by atoms with van der Waals surface area (Å²) in [6, 6.07) is 1.59. The molecule has 1 aromatic carbocycles. The Hall–Kier alpha value is -0.490. The summed E-state index contributed by atoms with van der Waals surface area (Å²) < 4.78 is 41.1. The molecule has 0 spiro atoms. The molecule has 3 rings (SSSR count). The molecular formula is C15H21Cl2F3N2. The van der Waals surface area contributed by atoms with Crippen molar-refractivity contribution in [2.24, 2.45) is 5.92 Å². The maximum atomic E-state index is 14.1. The lowest BCUT2D eigenvalue weighted by molar-refractivity contribution is 0.0804. The van der Waals surface area contributed by atoms with Crippen molar-refractivity contribution in [1.29, 1.82) is 0 Å². The van der Waals surface area contributed by atoms with E-state index in [1.54, 1.807) is 0 Å². The van der Waals surface area contributed by atoms with Gasteiger partial charge in [-0.1, -0.05) is 6.42 Å². The number of hydrogen-bond acceptors (Lipinski definition) is 2. The summed E-state index contributed by atoms with van der Waals surface area (Å²) >= 11 is 0. The zero-order valence-electron chi connectivity index (χ0n) is 12.2. The van der Waals surface area contributed by atoms with Crippen LogP contribution in [-0.2, 0) is 0 Å². The van der Waals surface area contributed by atoms with Gasteiger partial charge in [0.05, 0.1) is 0 Å². The number of nitrogens with zero attached hydrogens (tertiary/aromatic N) is 1. The third-order valence-electron chi connectivity index (χ3n) is 4.48. The van der Waals surface area contributed by atoms with E-state index in [0.29, 0.717) is 12.0 Å². The van der Waals surface area contributed by atoms with Gasteiger partial charge in [0.2, 0.25) is 0 Å². The number of nitrogens with one attached hydrogen (secondary N) is 1. The number of hydrogen-bond donors (Lipinski definition) is 1. The first-order valence-corrected chi connectivity index (χ1v) is 7.26. The van der Waals surface area contributed by atoms with Crippen LogP contribution in [0.1, 0.15) is 30.9 Å². The molecule has 1 aromatic rings. The highest BCUT2D eigenvalue weighted by Gasteiger charge is 2.36. The average molecular weight is 357 g/mol. The van der Waals surface area contributed by atoms with Gasteiger partial charge in [-0.2, -0.15) is 0 Å². The van der Waals surface area contributed by atoms with Crippen LogP contribution in [0.25, 0.3) is 0 Å². The fourth-order valence-corrected chi connectivity index (χ4v) is 3.26. The minimum absolute atomic E-state index is 0. The van der Waals surface area contributed by atoms with Crippen LogP contribution in [0.15, 0.2) is 12.1 Å². The van der Waals surface area contributed by atoms with E-state index in [9.17, 15) is 13.2 Å². The van der Waals surface area contributed by atoms with E-state index in [-0.39, 0.29) is 36.4 Å². The molecule has 2 nitrogen and oxygen atoms in total. The lowest BCUT2D eigenvalue weighted by Gasteiger charge is -2.43. The Morgan fingerprint density at radius 1 is 1.05 bits per heavy atom. The van der Waals surface area contributed by atoms with Gasteiger partial charge in [0.25, 0.3) is 0 Å². The van der Waals surface area contributed by atoms with Gasteiger partial charge < -0.3 is 5.32 Å². The van der Waals surface area contributed by atoms with Crippen molar-refractivity contribution in [3.05, 3.63) is 35.1 Å². The summed E-state index contributed by atoms with van der Waals surface area (Å²) in [5.74, 6) is -2.36. The summed E-state index contributed by atoms with van der Waals surface area (Å²) in [6.07, 6.45) is 3.13. The van der Waals surface area contributed by atoms with Crippen LogP contribution >= 0.6 is 24.8 Å². The SMILES string of the molecule is Cl.Cl.Fc1cc(F)c(F)c([C@H](C2CCC2)N2CCNCC2)c1. The minimum Gasteiger partial charge on any atom is -0.314 e. The maximum absolute atomic E-state index is 14.1. The Morgan fingerprint density at radius 2 is 1.68 bits per heavy atom. The van der Waals surface area contributed by atoms with Gasteiger partial charge in [0.15, 0.2) is 11.6 Å². The Kier molecular flexibility index (Phi) is 7.46. The van der Waals surface area contributed by atoms with E-state index >= 15 is 0 Å². The van der Waals surface area contributed by atoms with Gasteiger partial charge in [0, 0.05) is 43.9 Å². The highest BCUT2D eigenvalue weighted by Crippen LogP contribution is 2.42. The minimum atomic E-state index is -1.08. The molecule has 0 bridgehead atoms. The van der Waals surface area contributed by atoms with Gasteiger partial charge in [0.1, 0.15) is 5.82 Å². The van der Waals surface area contributed by atoms with Gasteiger partial charge in [-0.25, -0.2) is 13.2 Å². The van der Waals surface area contributed by atoms with Crippen molar-refractivity contribution >= 4 is 24.8 Å². The molecule has 1 N–H and O–H groups in total. The second kappa shape index (κ2) is 8.39. The molecule has 2 fully saturated rings. The van der Waals surface area contributed by atoms with Crippen LogP contribution in [0.2, 0.25) is 0 Å². The molecular weight excluding hydrogens is 336 g/mol. The van der Waals surface area contributed by atoms with Crippen LogP contribution in [0, 0.1) is 23.4 Å². The van der Waals surface area contributed by atoms with E-state index in [0.717, 1.165) is 45.4 Å². The molecule has 1 saturated heterocycles. The van der Waals surface area contributed by atoms with Gasteiger partial charge in [-0.05, 0) is 24.8 Å². The quantitative estimate of drug-likeness (QED) is 0.830. The van der Waals surface area contributed by atoms with Crippen molar-refractivity contribution in [1.82, 2.24) is 10.2 Å². The van der Waals surface area contributed by atoms with Crippen LogP contribution < -0.4 is 5.32 Å². The summed E-state index contributed by atoms with van der Waals surface area (Å²) in [5, 5.41) is 3.25. The lowest BCUT2D eigenvalue weighted by Crippen LogP contribution is -2.48. The molecule has 2 aliphatic rings. The molecule has 126 valence electrons. The van der Waals surface area contributed by atoms with E-state index in [2.05, 4.69) is 10.2 Å². The lowest BCUT2D eigenvalue weighted by atomic mass is 9.76. The third kappa shape index (κ3) is 3.88. The van der Waals surface area contributed by atoms with Crippen molar-refractivity contribution in [2.75, 3.05) is 26.2 Å². The second-order valence-electron chi connectivity index (χ2n) is 5.71. The van der Waals surface area contributed by atoms with E-state index in [4.69, 9.17) is 0 Å². The zero-order chi connectivity index (χ0) is 14.1. The Bertz CT molecular complexity index is 492. The van der Waals surface area contributed by atoms with Gasteiger partial charge >= 0.3 is 0 Å². The molecule has 7 heteroatoms. The summed E-state index contributed by atoms with van der Waals surface area (Å²) in [6.45, 7) is 3.25. The van der Waals surface area contributed by atoms with E-state index in [1.165, 1.54) is 6.07 Å². The van der Waals surface area contributed by atoms with Gasteiger partial charge in [-0.3, -0.25) is 4.90 Å². The van der Waals surface area contributed by atoms with E-state index < -0.39 is 17.5 Å². The summed E-state index contributed by atoms with van der Waals surface area (Å²) in [4.78, 5) is 2.16. The summed E-state index contributed by atoms with van der Waals surface area (Å²) in [7, 11) is 0. The largest absolute Gasteiger partial charge is 0.314 e. The molecule has 22 heavy (non-hydrogen) atoms. The van der Waals surface area contributed by atoms with Crippen LogP contribution in [-0.4, -0.2) is 31.1 Å². The highest BCUT2D eigenvalue weighted by atomic mass is 35.5. The van der Waals surface area contributed by atoms with Crippen molar-refractivity contribution in [3.63, 3.8) is 0 Å². The molecule has 0 amide bonds. The molecule has 0 aromatic heterocycles. The molecule has 0 radical (unpaired) electrons. The highest BCUT2D eigenvalue weighted by molar-refractivity contribution is 5.85. The smallest absolute Gasteiger partial charge is 0.163 e. The number of halogens is 5. The fraction of sp³-hybridized carbons (Fsp3) is 0.600. The first kappa shape index (κ1) is 19.6. The van der Waals surface area contributed by atoms with Crippen molar-refractivity contribution in [3.8, 4) is 0 Å². The maximum Gasteiger partial charge on any atom is 0.163 e. The predicted octanol–water partition coefficient (Wildman–Crippen LogP) is 3.69. The molecule has 1 heterocycles. The van der Waals surface area contributed by atoms with Crippen LogP contribution in [0.3, 0.4) is 0 Å². The molecule has 0 unspecified atom stereocenters. The first-order valence-electron chi connectivity index (χ1n) is 7.26. The van der Waals surface area contributed by atoms with Crippen molar-refractivity contribution < 1.29 is 13.2 Å². The second-order valence-corrected chi connectivity index (χ2v) is 5.71. The monoisotopic (exact) mass is 356 g/mol. The Balaban J connectivity index is 0.00000121. The average Bonchev–Trinajstić information content (AvgIpc) is 2.39. The predicted molar refractivity (Wildman–Crippen MR) is 85.3 cm³/mol. The molecule has 1 aliphatic carbocycles. The fourth-order valence-electron chi connectivity index (χ4n) is 3.26. The van der Waals surface area contributed by atoms with Gasteiger partial charge in [-0.15, -0.1) is 24.8 Å². The first-order chi connectivity index (χ1) is 9.66. The Labute approximate surface area is 141 Å². The normalized spacial score (nSPS) is 20.5. The van der Waals surface area contributed by atoms with Crippen LogP contribution in [0.5, 0.6) is 0 Å². The third-order valence-corrected chi connectivity index (χ3v) is 4.48. The molecule has 1 aliphatic heterocycles. The Morgan fingerprint density at radius 3 is 2.23 bits per heavy atom. The number of rotatable bonds is 3. The van der Waals surface area contributed by atoms with E-state index in [1.807, 2.05) is 0 Å². The topological polar surface area (TPSA) is 15.3 Å².